The summed E-state index contributed by atoms with van der Waals surface area (Å²) in [5.41, 5.74) is 0. The molecule has 0 radical (unpaired) electrons. The monoisotopic (exact) mass is 253 g/mol. The van der Waals surface area contributed by atoms with Gasteiger partial charge in [-0.3, -0.25) is 4.79 Å². The predicted octanol–water partition coefficient (Wildman–Crippen LogP) is 1.02. The number of aliphatic carboxylic acids is 1. The topological polar surface area (TPSA) is 66.8 Å². The van der Waals surface area contributed by atoms with Crippen LogP contribution in [0.5, 0.6) is 0 Å². The fourth-order valence-corrected chi connectivity index (χ4v) is 3.56. The molecule has 0 saturated carbocycles. The van der Waals surface area contributed by atoms with Crippen molar-refractivity contribution >= 4 is 11.9 Å². The van der Waals surface area contributed by atoms with E-state index in [9.17, 15) is 14.7 Å². The maximum absolute atomic E-state index is 12.5. The number of rotatable bonds is 2. The van der Waals surface area contributed by atoms with Gasteiger partial charge in [0.2, 0.25) is 5.91 Å². The number of carbonyl (C=O) groups is 2. The molecular formula is C13H19NO4. The van der Waals surface area contributed by atoms with Gasteiger partial charge >= 0.3 is 5.97 Å². The fourth-order valence-electron chi connectivity index (χ4n) is 3.56. The Hall–Kier alpha value is -1.10. The van der Waals surface area contributed by atoms with Gasteiger partial charge in [-0.2, -0.15) is 0 Å². The second-order valence-electron chi connectivity index (χ2n) is 5.60. The van der Waals surface area contributed by atoms with Gasteiger partial charge in [0.1, 0.15) is 6.04 Å². The molecule has 3 aliphatic heterocycles. The summed E-state index contributed by atoms with van der Waals surface area (Å²) in [6, 6.07) is -0.620. The van der Waals surface area contributed by atoms with Crippen molar-refractivity contribution in [2.45, 2.75) is 56.8 Å². The molecule has 5 nitrogen and oxygen atoms in total. The molecule has 3 heterocycles. The van der Waals surface area contributed by atoms with E-state index in [1.165, 1.54) is 0 Å². The van der Waals surface area contributed by atoms with Gasteiger partial charge in [0, 0.05) is 6.54 Å². The second-order valence-corrected chi connectivity index (χ2v) is 5.60. The molecule has 0 aromatic heterocycles. The third kappa shape index (κ3) is 1.90. The zero-order valence-electron chi connectivity index (χ0n) is 10.4. The maximum Gasteiger partial charge on any atom is 0.326 e. The summed E-state index contributed by atoms with van der Waals surface area (Å²) in [5, 5.41) is 9.21. The van der Waals surface area contributed by atoms with E-state index in [-0.39, 0.29) is 24.0 Å². The quantitative estimate of drug-likeness (QED) is 0.798. The number of hydrogen-bond donors (Lipinski definition) is 1. The van der Waals surface area contributed by atoms with E-state index in [0.29, 0.717) is 13.0 Å². The van der Waals surface area contributed by atoms with E-state index < -0.39 is 12.0 Å². The van der Waals surface area contributed by atoms with Gasteiger partial charge in [0.25, 0.3) is 0 Å². The third-order valence-electron chi connectivity index (χ3n) is 4.49. The molecule has 3 saturated heterocycles. The average Bonchev–Trinajstić information content (AvgIpc) is 3.00. The van der Waals surface area contributed by atoms with Crippen molar-refractivity contribution in [2.75, 3.05) is 6.54 Å². The first kappa shape index (κ1) is 12.0. The van der Waals surface area contributed by atoms with Gasteiger partial charge in [0.15, 0.2) is 0 Å². The van der Waals surface area contributed by atoms with Crippen LogP contribution < -0.4 is 0 Å². The maximum atomic E-state index is 12.5. The van der Waals surface area contributed by atoms with Crippen molar-refractivity contribution in [1.82, 2.24) is 4.90 Å². The minimum absolute atomic E-state index is 0.00861. The van der Waals surface area contributed by atoms with Crippen molar-refractivity contribution in [1.29, 1.82) is 0 Å². The lowest BCUT2D eigenvalue weighted by atomic mass is 9.87. The summed E-state index contributed by atoms with van der Waals surface area (Å²) < 4.78 is 5.70. The van der Waals surface area contributed by atoms with E-state index in [1.807, 2.05) is 0 Å². The number of nitrogens with zero attached hydrogens (tertiary/aromatic N) is 1. The molecule has 1 amide bonds. The Balaban J connectivity index is 1.72. The molecule has 0 aliphatic carbocycles. The lowest BCUT2D eigenvalue weighted by Crippen LogP contribution is -2.51. The van der Waals surface area contributed by atoms with Crippen LogP contribution in [-0.2, 0) is 14.3 Å². The van der Waals surface area contributed by atoms with Crippen LogP contribution in [0.3, 0.4) is 0 Å². The number of hydrogen-bond acceptors (Lipinski definition) is 3. The molecule has 0 aromatic rings. The van der Waals surface area contributed by atoms with Crippen LogP contribution in [0.25, 0.3) is 0 Å². The van der Waals surface area contributed by atoms with Crippen molar-refractivity contribution < 1.29 is 19.4 Å². The summed E-state index contributed by atoms with van der Waals surface area (Å²) in [7, 11) is 0. The Morgan fingerprint density at radius 3 is 2.61 bits per heavy atom. The van der Waals surface area contributed by atoms with Crippen LogP contribution in [0.4, 0.5) is 0 Å². The molecule has 18 heavy (non-hydrogen) atoms. The number of piperidine rings is 1. The molecule has 1 N–H and O–H groups in total. The molecule has 0 unspecified atom stereocenters. The highest BCUT2D eigenvalue weighted by atomic mass is 16.5. The predicted molar refractivity (Wildman–Crippen MR) is 63.0 cm³/mol. The van der Waals surface area contributed by atoms with Crippen LogP contribution in [-0.4, -0.2) is 46.7 Å². The van der Waals surface area contributed by atoms with Gasteiger partial charge in [-0.15, -0.1) is 0 Å². The molecule has 0 aromatic carbocycles. The van der Waals surface area contributed by atoms with E-state index in [4.69, 9.17) is 4.74 Å². The van der Waals surface area contributed by atoms with Gasteiger partial charge < -0.3 is 14.7 Å². The molecule has 3 aliphatic rings. The summed E-state index contributed by atoms with van der Waals surface area (Å²) in [6.07, 6.45) is 5.46. The van der Waals surface area contributed by atoms with Crippen LogP contribution in [0.2, 0.25) is 0 Å². The van der Waals surface area contributed by atoms with Crippen LogP contribution in [0.1, 0.15) is 38.5 Å². The average molecular weight is 253 g/mol. The number of amides is 1. The number of fused-ring (bicyclic) bond motifs is 2. The second kappa shape index (κ2) is 4.53. The summed E-state index contributed by atoms with van der Waals surface area (Å²) in [6.45, 7) is 0.587. The van der Waals surface area contributed by atoms with Gasteiger partial charge in [-0.1, -0.05) is 0 Å². The van der Waals surface area contributed by atoms with Crippen LogP contribution in [0, 0.1) is 5.92 Å². The van der Waals surface area contributed by atoms with Gasteiger partial charge in [-0.25, -0.2) is 4.79 Å². The van der Waals surface area contributed by atoms with Crippen molar-refractivity contribution in [2.24, 2.45) is 5.92 Å². The normalized spacial score (nSPS) is 39.0. The Kier molecular flexibility index (Phi) is 3.01. The number of likely N-dealkylation sites (tertiary alicyclic amines) is 1. The van der Waals surface area contributed by atoms with E-state index in [0.717, 1.165) is 32.1 Å². The van der Waals surface area contributed by atoms with E-state index in [2.05, 4.69) is 0 Å². The Morgan fingerprint density at radius 2 is 2.00 bits per heavy atom. The number of carboxylic acids is 1. The van der Waals surface area contributed by atoms with Gasteiger partial charge in [-0.05, 0) is 38.5 Å². The first-order chi connectivity index (χ1) is 8.66. The highest BCUT2D eigenvalue weighted by Crippen LogP contribution is 2.40. The van der Waals surface area contributed by atoms with Gasteiger partial charge in [0.05, 0.1) is 18.1 Å². The third-order valence-corrected chi connectivity index (χ3v) is 4.49. The minimum atomic E-state index is -0.868. The highest BCUT2D eigenvalue weighted by Gasteiger charge is 2.47. The summed E-state index contributed by atoms with van der Waals surface area (Å²) in [4.78, 5) is 25.3. The lowest BCUT2D eigenvalue weighted by molar-refractivity contribution is -0.154. The smallest absolute Gasteiger partial charge is 0.326 e. The number of carboxylic acid groups (broad SMARTS) is 1. The fraction of sp³-hybridized carbons (Fsp3) is 0.846. The summed E-state index contributed by atoms with van der Waals surface area (Å²) in [5.74, 6) is -0.954. The SMILES string of the molecule is O=C(O)[C@@H]1CCCCN1C(=O)[C@H]1C[C@H]2CC[C@H]1O2. The zero-order valence-corrected chi connectivity index (χ0v) is 10.4. The number of carbonyl (C=O) groups excluding carboxylic acids is 1. The molecule has 2 bridgehead atoms. The largest absolute Gasteiger partial charge is 0.480 e. The number of ether oxygens (including phenoxy) is 1. The first-order valence-electron chi connectivity index (χ1n) is 6.85. The van der Waals surface area contributed by atoms with Crippen molar-refractivity contribution in [3.63, 3.8) is 0 Å². The van der Waals surface area contributed by atoms with E-state index in [1.54, 1.807) is 4.90 Å². The first-order valence-corrected chi connectivity index (χ1v) is 6.85. The molecule has 0 spiro atoms. The molecule has 3 fully saturated rings. The molecule has 4 atom stereocenters. The standard InChI is InChI=1S/C13H19NO4/c15-12(9-7-8-4-5-11(9)18-8)14-6-2-1-3-10(14)13(16)17/h8-11H,1-7H2,(H,16,17)/t8-,9+,10+,11-/m1/s1. The summed E-state index contributed by atoms with van der Waals surface area (Å²) >= 11 is 0. The van der Waals surface area contributed by atoms with Crippen molar-refractivity contribution in [3.05, 3.63) is 0 Å². The van der Waals surface area contributed by atoms with Crippen LogP contribution in [0.15, 0.2) is 0 Å². The minimum Gasteiger partial charge on any atom is -0.480 e. The van der Waals surface area contributed by atoms with E-state index >= 15 is 0 Å². The lowest BCUT2D eigenvalue weighted by Gasteiger charge is -2.35. The molecule has 3 rings (SSSR count). The zero-order chi connectivity index (χ0) is 12.7. The van der Waals surface area contributed by atoms with Crippen LogP contribution >= 0.6 is 0 Å². The Labute approximate surface area is 106 Å². The highest BCUT2D eigenvalue weighted by molar-refractivity contribution is 5.86. The molecule has 100 valence electrons. The Morgan fingerprint density at radius 1 is 1.17 bits per heavy atom. The molecular weight excluding hydrogens is 234 g/mol. The Bertz CT molecular complexity index is 370. The van der Waals surface area contributed by atoms with Crippen molar-refractivity contribution in [3.8, 4) is 0 Å². The molecule has 5 heteroatoms.